The molecule has 0 saturated carbocycles. The Morgan fingerprint density at radius 2 is 1.90 bits per heavy atom. The van der Waals surface area contributed by atoms with Gasteiger partial charge in [0.05, 0.1) is 18.3 Å². The molecule has 0 radical (unpaired) electrons. The molecule has 0 aliphatic rings. The van der Waals surface area contributed by atoms with E-state index in [-0.39, 0.29) is 6.54 Å². The molecule has 0 saturated heterocycles. The van der Waals surface area contributed by atoms with Crippen molar-refractivity contribution in [3.63, 3.8) is 0 Å². The average Bonchev–Trinajstić information content (AvgIpc) is 2.42. The Hall–Kier alpha value is -1.53. The number of hydroxylamine groups is 1. The maximum atomic E-state index is 11.7. The molecule has 0 bridgehead atoms. The number of para-hydroxylation sites is 1. The van der Waals surface area contributed by atoms with E-state index in [9.17, 15) is 19.4 Å². The highest BCUT2D eigenvalue weighted by Crippen LogP contribution is 2.37. The first-order valence-electron chi connectivity index (χ1n) is 5.88. The Bertz CT molecular complexity index is 528. The maximum Gasteiger partial charge on any atom is 0.264 e. The molecule has 2 unspecified atom stereocenters. The fraction of sp³-hybridized carbons (Fsp3) is 0.333. The van der Waals surface area contributed by atoms with E-state index in [2.05, 4.69) is 5.32 Å². The number of carbonyl (C=O) groups excluding carboxylic acids is 2. The number of hydrogen-bond donors (Lipinski definition) is 3. The molecule has 0 spiro atoms. The molecule has 0 aromatic heterocycles. The fourth-order valence-electron chi connectivity index (χ4n) is 1.48. The zero-order valence-corrected chi connectivity index (χ0v) is 12.1. The quantitative estimate of drug-likeness (QED) is 0.408. The lowest BCUT2D eigenvalue weighted by Gasteiger charge is -2.18. The Morgan fingerprint density at radius 1 is 1.35 bits per heavy atom. The standard InChI is InChI=1S/C12H17N2O5P/c1-9(12(16)20(2,18)19)13-8-11(15)14(17)10-6-4-3-5-7-10/h3-7,9,13,17H,8H2,1-2H3,(H,18,19). The summed E-state index contributed by atoms with van der Waals surface area (Å²) in [6, 6.07) is 7.18. The van der Waals surface area contributed by atoms with E-state index in [4.69, 9.17) is 4.89 Å². The van der Waals surface area contributed by atoms with E-state index in [1.54, 1.807) is 30.3 Å². The zero-order chi connectivity index (χ0) is 15.3. The number of amides is 1. The van der Waals surface area contributed by atoms with Crippen LogP contribution in [-0.4, -0.2) is 40.8 Å². The number of nitrogens with zero attached hydrogens (tertiary/aromatic N) is 1. The van der Waals surface area contributed by atoms with E-state index in [0.29, 0.717) is 10.8 Å². The minimum Gasteiger partial charge on any atom is -0.339 e. The predicted molar refractivity (Wildman–Crippen MR) is 73.9 cm³/mol. The van der Waals surface area contributed by atoms with Gasteiger partial charge in [-0.3, -0.25) is 24.7 Å². The minimum absolute atomic E-state index is 0.293. The summed E-state index contributed by atoms with van der Waals surface area (Å²) in [5, 5.41) is 12.6. The van der Waals surface area contributed by atoms with Crippen molar-refractivity contribution in [2.45, 2.75) is 13.0 Å². The lowest BCUT2D eigenvalue weighted by Crippen LogP contribution is -2.42. The Labute approximate surface area is 116 Å². The summed E-state index contributed by atoms with van der Waals surface area (Å²) in [7, 11) is -3.84. The van der Waals surface area contributed by atoms with Gasteiger partial charge in [0.1, 0.15) is 0 Å². The van der Waals surface area contributed by atoms with E-state index in [1.165, 1.54) is 6.92 Å². The molecule has 1 amide bonds. The van der Waals surface area contributed by atoms with Gasteiger partial charge >= 0.3 is 0 Å². The zero-order valence-electron chi connectivity index (χ0n) is 11.2. The van der Waals surface area contributed by atoms with Gasteiger partial charge in [0, 0.05) is 6.66 Å². The SMILES string of the molecule is CC(NCC(=O)N(O)c1ccccc1)C(=O)P(C)(=O)O. The van der Waals surface area contributed by atoms with Gasteiger partial charge in [0.15, 0.2) is 0 Å². The highest BCUT2D eigenvalue weighted by Gasteiger charge is 2.28. The summed E-state index contributed by atoms with van der Waals surface area (Å²) in [6.07, 6.45) is 0. The van der Waals surface area contributed by atoms with Gasteiger partial charge < -0.3 is 4.89 Å². The molecule has 1 rings (SSSR count). The van der Waals surface area contributed by atoms with Crippen LogP contribution in [0.3, 0.4) is 0 Å². The second-order valence-electron chi connectivity index (χ2n) is 4.36. The van der Waals surface area contributed by atoms with Gasteiger partial charge in [-0.15, -0.1) is 0 Å². The third kappa shape index (κ3) is 4.54. The summed E-state index contributed by atoms with van der Waals surface area (Å²) in [5.41, 5.74) is -0.573. The van der Waals surface area contributed by atoms with Gasteiger partial charge in [-0.25, -0.2) is 0 Å². The highest BCUT2D eigenvalue weighted by molar-refractivity contribution is 7.74. The van der Waals surface area contributed by atoms with Crippen molar-refractivity contribution in [2.24, 2.45) is 0 Å². The topological polar surface area (TPSA) is 107 Å². The number of hydrogen-bond acceptors (Lipinski definition) is 5. The summed E-state index contributed by atoms with van der Waals surface area (Å²) < 4.78 is 11.2. The van der Waals surface area contributed by atoms with Crippen molar-refractivity contribution in [1.82, 2.24) is 5.32 Å². The van der Waals surface area contributed by atoms with Crippen LogP contribution in [0.15, 0.2) is 30.3 Å². The predicted octanol–water partition coefficient (Wildman–Crippen LogP) is 0.814. The molecular weight excluding hydrogens is 283 g/mol. The van der Waals surface area contributed by atoms with Crippen LogP contribution in [0.5, 0.6) is 0 Å². The lowest BCUT2D eigenvalue weighted by molar-refractivity contribution is -0.123. The number of benzene rings is 1. The second kappa shape index (κ2) is 6.76. The second-order valence-corrected chi connectivity index (χ2v) is 6.56. The van der Waals surface area contributed by atoms with Crippen LogP contribution < -0.4 is 10.4 Å². The van der Waals surface area contributed by atoms with Crippen molar-refractivity contribution >= 4 is 24.5 Å². The molecule has 110 valence electrons. The smallest absolute Gasteiger partial charge is 0.264 e. The van der Waals surface area contributed by atoms with E-state index in [1.807, 2.05) is 0 Å². The van der Waals surface area contributed by atoms with Gasteiger partial charge in [-0.2, -0.15) is 5.06 Å². The molecule has 0 aliphatic carbocycles. The third-order valence-electron chi connectivity index (χ3n) is 2.58. The van der Waals surface area contributed by atoms with Crippen molar-refractivity contribution in [2.75, 3.05) is 18.3 Å². The molecule has 0 fully saturated rings. The molecule has 7 nitrogen and oxygen atoms in total. The maximum absolute atomic E-state index is 11.7. The molecular formula is C12H17N2O5P. The molecule has 0 aliphatic heterocycles. The number of anilines is 1. The van der Waals surface area contributed by atoms with Crippen molar-refractivity contribution in [3.05, 3.63) is 30.3 Å². The van der Waals surface area contributed by atoms with Crippen LogP contribution in [0.1, 0.15) is 6.92 Å². The molecule has 1 aromatic carbocycles. The Balaban J connectivity index is 2.56. The first kappa shape index (κ1) is 16.5. The number of nitrogens with one attached hydrogen (secondary N) is 1. The lowest BCUT2D eigenvalue weighted by atomic mass is 10.3. The Kier molecular flexibility index (Phi) is 5.59. The monoisotopic (exact) mass is 300 g/mol. The van der Waals surface area contributed by atoms with Crippen LogP contribution in [0.4, 0.5) is 5.69 Å². The van der Waals surface area contributed by atoms with Crippen LogP contribution in [-0.2, 0) is 14.2 Å². The average molecular weight is 300 g/mol. The van der Waals surface area contributed by atoms with Crippen LogP contribution in [0, 0.1) is 0 Å². The molecule has 0 heterocycles. The molecule has 1 aromatic rings. The summed E-state index contributed by atoms with van der Waals surface area (Å²) in [5.74, 6) is -0.681. The van der Waals surface area contributed by atoms with Crippen LogP contribution in [0.2, 0.25) is 0 Å². The molecule has 8 heteroatoms. The summed E-state index contributed by atoms with van der Waals surface area (Å²) >= 11 is 0. The van der Waals surface area contributed by atoms with Crippen molar-refractivity contribution in [1.29, 1.82) is 0 Å². The van der Waals surface area contributed by atoms with Crippen LogP contribution >= 0.6 is 7.37 Å². The van der Waals surface area contributed by atoms with E-state index >= 15 is 0 Å². The molecule has 3 N–H and O–H groups in total. The fourth-order valence-corrected chi connectivity index (χ4v) is 2.28. The van der Waals surface area contributed by atoms with Gasteiger partial charge in [0.2, 0.25) is 5.52 Å². The van der Waals surface area contributed by atoms with Gasteiger partial charge in [0.25, 0.3) is 13.3 Å². The van der Waals surface area contributed by atoms with Crippen molar-refractivity contribution in [3.8, 4) is 0 Å². The highest BCUT2D eigenvalue weighted by atomic mass is 31.2. The van der Waals surface area contributed by atoms with Crippen LogP contribution in [0.25, 0.3) is 0 Å². The normalized spacial score (nSPS) is 15.2. The van der Waals surface area contributed by atoms with Crippen molar-refractivity contribution < 1.29 is 24.3 Å². The Morgan fingerprint density at radius 3 is 2.40 bits per heavy atom. The van der Waals surface area contributed by atoms with E-state index in [0.717, 1.165) is 6.66 Å². The first-order chi connectivity index (χ1) is 9.23. The molecule has 2 atom stereocenters. The third-order valence-corrected chi connectivity index (χ3v) is 3.78. The molecule has 20 heavy (non-hydrogen) atoms. The largest absolute Gasteiger partial charge is 0.339 e. The summed E-state index contributed by atoms with van der Waals surface area (Å²) in [4.78, 5) is 32.3. The number of carbonyl (C=O) groups is 2. The number of rotatable bonds is 6. The minimum atomic E-state index is -3.84. The van der Waals surface area contributed by atoms with E-state index < -0.39 is 24.8 Å². The van der Waals surface area contributed by atoms with Gasteiger partial charge in [-0.1, -0.05) is 18.2 Å². The first-order valence-corrected chi connectivity index (χ1v) is 7.99. The van der Waals surface area contributed by atoms with Gasteiger partial charge in [-0.05, 0) is 19.1 Å². The summed E-state index contributed by atoms with van der Waals surface area (Å²) in [6.45, 7) is 1.99.